The van der Waals surface area contributed by atoms with Gasteiger partial charge in [0.1, 0.15) is 13.1 Å². The number of quaternary nitrogens is 1. The van der Waals surface area contributed by atoms with Crippen molar-refractivity contribution in [2.75, 3.05) is 26.2 Å². The van der Waals surface area contributed by atoms with Gasteiger partial charge in [-0.3, -0.25) is 0 Å². The SMILES string of the molecule is C1CC[N+]2(C1)CC2. The summed E-state index contributed by atoms with van der Waals surface area (Å²) in [4.78, 5) is 0. The molecule has 0 atom stereocenters. The van der Waals surface area contributed by atoms with E-state index in [1.54, 1.807) is 0 Å². The molecule has 0 N–H and O–H groups in total. The topological polar surface area (TPSA) is 0 Å². The molecule has 0 aromatic rings. The van der Waals surface area contributed by atoms with Crippen LogP contribution in [0.2, 0.25) is 0 Å². The van der Waals surface area contributed by atoms with E-state index in [0.29, 0.717) is 0 Å². The molecule has 0 saturated carbocycles. The van der Waals surface area contributed by atoms with E-state index < -0.39 is 0 Å². The Morgan fingerprint density at radius 1 is 0.714 bits per heavy atom. The van der Waals surface area contributed by atoms with Crippen molar-refractivity contribution in [3.05, 3.63) is 0 Å². The first-order valence-corrected chi connectivity index (χ1v) is 3.26. The third-order valence-corrected chi connectivity index (χ3v) is 2.37. The molecule has 7 heavy (non-hydrogen) atoms. The molecule has 0 bridgehead atoms. The van der Waals surface area contributed by atoms with Gasteiger partial charge in [0.2, 0.25) is 0 Å². The Labute approximate surface area is 44.5 Å². The lowest BCUT2D eigenvalue weighted by Gasteiger charge is -2.05. The van der Waals surface area contributed by atoms with Crippen LogP contribution in [-0.4, -0.2) is 30.7 Å². The first-order valence-electron chi connectivity index (χ1n) is 3.26. The van der Waals surface area contributed by atoms with Gasteiger partial charge in [-0.15, -0.1) is 0 Å². The molecular formula is C6H12N+. The van der Waals surface area contributed by atoms with E-state index in [2.05, 4.69) is 0 Å². The molecule has 2 aliphatic heterocycles. The Balaban J connectivity index is 2.07. The lowest BCUT2D eigenvalue weighted by atomic mass is 10.4. The summed E-state index contributed by atoms with van der Waals surface area (Å²) in [6, 6.07) is 0. The zero-order valence-corrected chi connectivity index (χ0v) is 4.69. The molecule has 0 amide bonds. The van der Waals surface area contributed by atoms with Gasteiger partial charge in [-0.25, -0.2) is 0 Å². The maximum absolute atomic E-state index is 1.50. The van der Waals surface area contributed by atoms with Gasteiger partial charge in [-0.1, -0.05) is 0 Å². The van der Waals surface area contributed by atoms with Gasteiger partial charge < -0.3 is 4.48 Å². The lowest BCUT2D eigenvalue weighted by molar-refractivity contribution is -0.785. The third kappa shape index (κ3) is 0.480. The van der Waals surface area contributed by atoms with Gasteiger partial charge in [-0.2, -0.15) is 0 Å². The standard InChI is InChI=1S/C6H12N/c1-2-4-7(3-1)5-6-7/h1-6H2/q+1. The fourth-order valence-corrected chi connectivity index (χ4v) is 1.59. The van der Waals surface area contributed by atoms with Crippen LogP contribution in [0.5, 0.6) is 0 Å². The van der Waals surface area contributed by atoms with E-state index >= 15 is 0 Å². The Morgan fingerprint density at radius 3 is 1.57 bits per heavy atom. The Morgan fingerprint density at radius 2 is 1.29 bits per heavy atom. The van der Waals surface area contributed by atoms with Crippen molar-refractivity contribution in [1.82, 2.24) is 0 Å². The highest BCUT2D eigenvalue weighted by molar-refractivity contribution is 4.62. The summed E-state index contributed by atoms with van der Waals surface area (Å²) in [7, 11) is 0. The van der Waals surface area contributed by atoms with Crippen LogP contribution >= 0.6 is 0 Å². The quantitative estimate of drug-likeness (QED) is 0.307. The normalized spacial score (nSPS) is 34.3. The zero-order valence-electron chi connectivity index (χ0n) is 4.69. The van der Waals surface area contributed by atoms with Crippen molar-refractivity contribution in [2.24, 2.45) is 0 Å². The molecule has 0 aromatic carbocycles. The maximum atomic E-state index is 1.50. The first kappa shape index (κ1) is 3.90. The summed E-state index contributed by atoms with van der Waals surface area (Å²) >= 11 is 0. The second kappa shape index (κ2) is 1.03. The molecule has 1 nitrogen and oxygen atoms in total. The first-order chi connectivity index (χ1) is 3.41. The van der Waals surface area contributed by atoms with Crippen LogP contribution in [0.25, 0.3) is 0 Å². The molecule has 40 valence electrons. The summed E-state index contributed by atoms with van der Waals surface area (Å²) in [6.07, 6.45) is 3.00. The van der Waals surface area contributed by atoms with E-state index in [-0.39, 0.29) is 0 Å². The number of nitrogens with zero attached hydrogens (tertiary/aromatic N) is 1. The Hall–Kier alpha value is -0.0400. The average molecular weight is 98.2 g/mol. The van der Waals surface area contributed by atoms with Crippen molar-refractivity contribution < 1.29 is 4.48 Å². The molecule has 2 fully saturated rings. The van der Waals surface area contributed by atoms with Gasteiger partial charge in [0, 0.05) is 12.8 Å². The summed E-state index contributed by atoms with van der Waals surface area (Å²) in [5.41, 5.74) is 0. The van der Waals surface area contributed by atoms with E-state index in [0.717, 1.165) is 0 Å². The molecule has 0 aliphatic carbocycles. The minimum absolute atomic E-state index is 1.50. The molecule has 0 radical (unpaired) electrons. The monoisotopic (exact) mass is 98.1 g/mol. The molecule has 2 saturated heterocycles. The number of rotatable bonds is 0. The molecule has 2 aliphatic rings. The fourth-order valence-electron chi connectivity index (χ4n) is 1.59. The van der Waals surface area contributed by atoms with Gasteiger partial charge in [0.05, 0.1) is 13.1 Å². The summed E-state index contributed by atoms with van der Waals surface area (Å²) in [5.74, 6) is 0. The van der Waals surface area contributed by atoms with Gasteiger partial charge >= 0.3 is 0 Å². The summed E-state index contributed by atoms with van der Waals surface area (Å²) in [6.45, 7) is 6.00. The van der Waals surface area contributed by atoms with Crippen LogP contribution in [0, 0.1) is 0 Å². The molecule has 2 heterocycles. The van der Waals surface area contributed by atoms with Crippen LogP contribution in [0.4, 0.5) is 0 Å². The van der Waals surface area contributed by atoms with Gasteiger partial charge in [-0.05, 0) is 0 Å². The molecule has 2 rings (SSSR count). The molecule has 0 unspecified atom stereocenters. The lowest BCUT2D eigenvalue weighted by Crippen LogP contribution is -2.19. The predicted molar refractivity (Wildman–Crippen MR) is 29.0 cm³/mol. The van der Waals surface area contributed by atoms with Gasteiger partial charge in [0.15, 0.2) is 0 Å². The van der Waals surface area contributed by atoms with E-state index in [4.69, 9.17) is 0 Å². The smallest absolute Gasteiger partial charge is 0.129 e. The van der Waals surface area contributed by atoms with E-state index in [1.807, 2.05) is 0 Å². The van der Waals surface area contributed by atoms with Crippen LogP contribution in [-0.2, 0) is 0 Å². The average Bonchev–Trinajstić information content (AvgIpc) is 2.15. The maximum Gasteiger partial charge on any atom is 0.129 e. The molecule has 1 heteroatoms. The van der Waals surface area contributed by atoms with Crippen molar-refractivity contribution in [3.8, 4) is 0 Å². The molecule has 1 spiro atoms. The largest absolute Gasteiger partial charge is 0.314 e. The second-order valence-corrected chi connectivity index (χ2v) is 2.94. The minimum Gasteiger partial charge on any atom is -0.314 e. The Bertz CT molecular complexity index is 76.2. The van der Waals surface area contributed by atoms with Crippen LogP contribution in [0.15, 0.2) is 0 Å². The van der Waals surface area contributed by atoms with E-state index in [1.165, 1.54) is 43.5 Å². The minimum atomic E-state index is 1.50. The van der Waals surface area contributed by atoms with Crippen LogP contribution in [0.1, 0.15) is 12.8 Å². The zero-order chi connectivity index (χ0) is 4.74. The number of hydrogen-bond donors (Lipinski definition) is 0. The highest BCUT2D eigenvalue weighted by atomic mass is 15.5. The van der Waals surface area contributed by atoms with Crippen LogP contribution in [0.3, 0.4) is 0 Å². The highest BCUT2D eigenvalue weighted by Crippen LogP contribution is 2.28. The summed E-state index contributed by atoms with van der Waals surface area (Å²) < 4.78 is 1.50. The van der Waals surface area contributed by atoms with Crippen molar-refractivity contribution in [1.29, 1.82) is 0 Å². The molecule has 0 aromatic heterocycles. The predicted octanol–water partition coefficient (Wildman–Crippen LogP) is 0.611. The second-order valence-electron chi connectivity index (χ2n) is 2.94. The van der Waals surface area contributed by atoms with Crippen LogP contribution < -0.4 is 0 Å². The van der Waals surface area contributed by atoms with Crippen molar-refractivity contribution >= 4 is 0 Å². The number of hydrogen-bond acceptors (Lipinski definition) is 0. The molecular weight excluding hydrogens is 86.1 g/mol. The van der Waals surface area contributed by atoms with E-state index in [9.17, 15) is 0 Å². The fraction of sp³-hybridized carbons (Fsp3) is 1.00. The Kier molecular flexibility index (Phi) is 0.571. The summed E-state index contributed by atoms with van der Waals surface area (Å²) in [5, 5.41) is 0. The van der Waals surface area contributed by atoms with Gasteiger partial charge in [0.25, 0.3) is 0 Å². The van der Waals surface area contributed by atoms with Crippen molar-refractivity contribution in [2.45, 2.75) is 12.8 Å². The third-order valence-electron chi connectivity index (χ3n) is 2.37. The van der Waals surface area contributed by atoms with Crippen molar-refractivity contribution in [3.63, 3.8) is 0 Å². The highest BCUT2D eigenvalue weighted by Gasteiger charge is 2.43.